The predicted molar refractivity (Wildman–Crippen MR) is 76.3 cm³/mol. The van der Waals surface area contributed by atoms with E-state index < -0.39 is 0 Å². The van der Waals surface area contributed by atoms with Gasteiger partial charge in [0.25, 0.3) is 0 Å². The SMILES string of the molecule is CNC(=O)[C@@H]1CC2(CCN(C)CC2)c2ccccc21. The highest BCUT2D eigenvalue weighted by Crippen LogP contribution is 2.51. The van der Waals surface area contributed by atoms with Crippen LogP contribution in [0.5, 0.6) is 0 Å². The first-order valence-electron chi connectivity index (χ1n) is 7.16. The van der Waals surface area contributed by atoms with Crippen molar-refractivity contribution in [3.63, 3.8) is 0 Å². The minimum atomic E-state index is 0.0459. The van der Waals surface area contributed by atoms with E-state index in [1.165, 1.54) is 24.0 Å². The fourth-order valence-electron chi connectivity index (χ4n) is 3.82. The number of carbonyl (C=O) groups is 1. The molecule has 1 N–H and O–H groups in total. The summed E-state index contributed by atoms with van der Waals surface area (Å²) in [5, 5.41) is 2.83. The summed E-state index contributed by atoms with van der Waals surface area (Å²) in [5.74, 6) is 0.216. The molecule has 0 bridgehead atoms. The second-order valence-electron chi connectivity index (χ2n) is 6.04. The van der Waals surface area contributed by atoms with Crippen molar-refractivity contribution in [1.29, 1.82) is 0 Å². The standard InChI is InChI=1S/C16H22N2O/c1-17-15(19)13-11-16(7-9-18(2)10-8-16)14-6-4-3-5-12(13)14/h3-6,13H,7-11H2,1-2H3,(H,17,19)/t13-/m1/s1. The molecule has 1 aromatic carbocycles. The van der Waals surface area contributed by atoms with Crippen LogP contribution in [0.1, 0.15) is 36.3 Å². The number of hydrogen-bond acceptors (Lipinski definition) is 2. The summed E-state index contributed by atoms with van der Waals surface area (Å²) < 4.78 is 0. The van der Waals surface area contributed by atoms with Gasteiger partial charge in [-0.3, -0.25) is 4.79 Å². The Morgan fingerprint density at radius 3 is 2.68 bits per heavy atom. The molecule has 0 saturated carbocycles. The van der Waals surface area contributed by atoms with Gasteiger partial charge in [-0.25, -0.2) is 0 Å². The maximum absolute atomic E-state index is 12.1. The molecule has 1 aliphatic heterocycles. The lowest BCUT2D eigenvalue weighted by Gasteiger charge is -2.39. The number of fused-ring (bicyclic) bond motifs is 2. The molecule has 1 spiro atoms. The van der Waals surface area contributed by atoms with E-state index in [2.05, 4.69) is 41.5 Å². The number of hydrogen-bond donors (Lipinski definition) is 1. The van der Waals surface area contributed by atoms with E-state index in [1.54, 1.807) is 7.05 Å². The minimum absolute atomic E-state index is 0.0459. The Balaban J connectivity index is 1.99. The zero-order chi connectivity index (χ0) is 13.5. The third-order valence-electron chi connectivity index (χ3n) is 5.01. The molecule has 0 radical (unpaired) electrons. The topological polar surface area (TPSA) is 32.3 Å². The number of nitrogens with one attached hydrogen (secondary N) is 1. The van der Waals surface area contributed by atoms with Crippen LogP contribution in [0.25, 0.3) is 0 Å². The van der Waals surface area contributed by atoms with Crippen molar-refractivity contribution >= 4 is 5.91 Å². The van der Waals surface area contributed by atoms with E-state index in [-0.39, 0.29) is 17.2 Å². The summed E-state index contributed by atoms with van der Waals surface area (Å²) in [4.78, 5) is 14.5. The Labute approximate surface area is 115 Å². The number of carbonyl (C=O) groups excluding carboxylic acids is 1. The van der Waals surface area contributed by atoms with Crippen LogP contribution >= 0.6 is 0 Å². The number of piperidine rings is 1. The number of rotatable bonds is 1. The molecule has 1 aromatic rings. The van der Waals surface area contributed by atoms with Crippen LogP contribution in [0.3, 0.4) is 0 Å². The number of likely N-dealkylation sites (tertiary alicyclic amines) is 1. The van der Waals surface area contributed by atoms with Gasteiger partial charge in [0.2, 0.25) is 5.91 Å². The van der Waals surface area contributed by atoms with Crippen LogP contribution in [0.15, 0.2) is 24.3 Å². The lowest BCUT2D eigenvalue weighted by atomic mass is 9.73. The van der Waals surface area contributed by atoms with Crippen LogP contribution < -0.4 is 5.32 Å². The van der Waals surface area contributed by atoms with E-state index >= 15 is 0 Å². The molecule has 1 aliphatic carbocycles. The largest absolute Gasteiger partial charge is 0.359 e. The van der Waals surface area contributed by atoms with Crippen molar-refractivity contribution in [1.82, 2.24) is 10.2 Å². The zero-order valence-electron chi connectivity index (χ0n) is 11.8. The van der Waals surface area contributed by atoms with Gasteiger partial charge >= 0.3 is 0 Å². The first kappa shape index (κ1) is 12.7. The highest BCUT2D eigenvalue weighted by atomic mass is 16.1. The van der Waals surface area contributed by atoms with Crippen LogP contribution in [0, 0.1) is 0 Å². The number of benzene rings is 1. The fourth-order valence-corrected chi connectivity index (χ4v) is 3.82. The minimum Gasteiger partial charge on any atom is -0.359 e. The summed E-state index contributed by atoms with van der Waals surface area (Å²) >= 11 is 0. The van der Waals surface area contributed by atoms with Crippen LogP contribution in [0.2, 0.25) is 0 Å². The normalized spacial score (nSPS) is 25.3. The van der Waals surface area contributed by atoms with Crippen molar-refractivity contribution in [2.24, 2.45) is 0 Å². The van der Waals surface area contributed by atoms with Gasteiger partial charge in [0.1, 0.15) is 0 Å². The number of likely N-dealkylation sites (N-methyl/N-ethyl adjacent to an activating group) is 1. The predicted octanol–water partition coefficient (Wildman–Crippen LogP) is 1.88. The molecule has 1 saturated heterocycles. The Kier molecular flexibility index (Phi) is 3.09. The summed E-state index contributed by atoms with van der Waals surface area (Å²) in [6.45, 7) is 2.27. The lowest BCUT2D eigenvalue weighted by molar-refractivity contribution is -0.122. The molecule has 3 nitrogen and oxygen atoms in total. The molecule has 19 heavy (non-hydrogen) atoms. The smallest absolute Gasteiger partial charge is 0.227 e. The maximum Gasteiger partial charge on any atom is 0.227 e. The second kappa shape index (κ2) is 4.64. The monoisotopic (exact) mass is 258 g/mol. The molecular formula is C16H22N2O. The highest BCUT2D eigenvalue weighted by Gasteiger charge is 2.46. The number of amides is 1. The summed E-state index contributed by atoms with van der Waals surface area (Å²) in [5.41, 5.74) is 2.92. The van der Waals surface area contributed by atoms with Gasteiger partial charge in [-0.1, -0.05) is 24.3 Å². The Morgan fingerprint density at radius 1 is 1.32 bits per heavy atom. The van der Waals surface area contributed by atoms with Crippen LogP contribution in [-0.4, -0.2) is 38.0 Å². The zero-order valence-corrected chi connectivity index (χ0v) is 11.8. The van der Waals surface area contributed by atoms with E-state index in [9.17, 15) is 4.79 Å². The average Bonchev–Trinajstić information content (AvgIpc) is 2.77. The maximum atomic E-state index is 12.1. The van der Waals surface area contributed by atoms with Crippen molar-refractivity contribution in [3.05, 3.63) is 35.4 Å². The number of nitrogens with zero attached hydrogens (tertiary/aromatic N) is 1. The van der Waals surface area contributed by atoms with Crippen LogP contribution in [0.4, 0.5) is 0 Å². The van der Waals surface area contributed by atoms with Gasteiger partial charge in [0.15, 0.2) is 0 Å². The molecule has 1 atom stereocenters. The molecule has 102 valence electrons. The van der Waals surface area contributed by atoms with E-state index in [1.807, 2.05) is 0 Å². The Hall–Kier alpha value is -1.35. The lowest BCUT2D eigenvalue weighted by Crippen LogP contribution is -2.40. The Bertz CT molecular complexity index is 489. The van der Waals surface area contributed by atoms with Gasteiger partial charge in [0, 0.05) is 7.05 Å². The average molecular weight is 258 g/mol. The summed E-state index contributed by atoms with van der Waals surface area (Å²) in [6, 6.07) is 8.56. The van der Waals surface area contributed by atoms with E-state index in [4.69, 9.17) is 0 Å². The third kappa shape index (κ3) is 1.96. The first-order chi connectivity index (χ1) is 9.16. The quantitative estimate of drug-likeness (QED) is 0.834. The third-order valence-corrected chi connectivity index (χ3v) is 5.01. The first-order valence-corrected chi connectivity index (χ1v) is 7.16. The molecule has 1 fully saturated rings. The second-order valence-corrected chi connectivity index (χ2v) is 6.04. The van der Waals surface area contributed by atoms with Crippen molar-refractivity contribution in [2.45, 2.75) is 30.6 Å². The molecule has 3 rings (SSSR count). The van der Waals surface area contributed by atoms with Gasteiger partial charge in [0.05, 0.1) is 5.92 Å². The Morgan fingerprint density at radius 2 is 2.00 bits per heavy atom. The van der Waals surface area contributed by atoms with Crippen molar-refractivity contribution in [3.8, 4) is 0 Å². The molecule has 0 aromatic heterocycles. The van der Waals surface area contributed by atoms with E-state index in [0.717, 1.165) is 19.5 Å². The summed E-state index contributed by atoms with van der Waals surface area (Å²) in [6.07, 6.45) is 3.34. The highest BCUT2D eigenvalue weighted by molar-refractivity contribution is 5.85. The van der Waals surface area contributed by atoms with Gasteiger partial charge < -0.3 is 10.2 Å². The molecule has 1 amide bonds. The summed E-state index contributed by atoms with van der Waals surface area (Å²) in [7, 11) is 3.93. The molecule has 0 unspecified atom stereocenters. The fraction of sp³-hybridized carbons (Fsp3) is 0.562. The van der Waals surface area contributed by atoms with Crippen molar-refractivity contribution < 1.29 is 4.79 Å². The molecule has 3 heteroatoms. The molecular weight excluding hydrogens is 236 g/mol. The van der Waals surface area contributed by atoms with Crippen LogP contribution in [-0.2, 0) is 10.2 Å². The van der Waals surface area contributed by atoms with E-state index in [0.29, 0.717) is 0 Å². The van der Waals surface area contributed by atoms with Gasteiger partial charge in [-0.15, -0.1) is 0 Å². The van der Waals surface area contributed by atoms with Gasteiger partial charge in [-0.2, -0.15) is 0 Å². The van der Waals surface area contributed by atoms with Crippen molar-refractivity contribution in [2.75, 3.05) is 27.2 Å². The molecule has 1 heterocycles. The molecule has 2 aliphatic rings. The van der Waals surface area contributed by atoms with Gasteiger partial charge in [-0.05, 0) is 55.9 Å².